The molecule has 82 heavy (non-hydrogen) atoms. The number of carbonyl (C=O) groups is 3. The summed E-state index contributed by atoms with van der Waals surface area (Å²) < 4.78 is 39.7. The fourth-order valence-electron chi connectivity index (χ4n) is 8.94. The maximum absolute atomic E-state index is 13.0. The van der Waals surface area contributed by atoms with Gasteiger partial charge < -0.3 is 24.2 Å². The zero-order valence-corrected chi connectivity index (χ0v) is 53.3. The first-order valence-electron chi connectivity index (χ1n) is 33.1. The van der Waals surface area contributed by atoms with Gasteiger partial charge in [-0.05, 0) is 122 Å². The van der Waals surface area contributed by atoms with Crippen molar-refractivity contribution in [1.82, 2.24) is 0 Å². The molecule has 3 atom stereocenters. The van der Waals surface area contributed by atoms with E-state index in [0.717, 1.165) is 141 Å². The van der Waals surface area contributed by atoms with Crippen molar-refractivity contribution in [2.45, 2.75) is 303 Å². The standard InChI is InChI=1S/C70H121O11P/c1-4-7-10-13-16-19-22-25-28-31-33-36-38-41-44-47-50-53-56-59-68(72)77-63-67(81-70(74)61-58-55-52-49-46-43-40-37-34-32-29-26-23-20-17-14-11-8-5-2)65-79-82(75,76)78-64-66(62-71)80-69(73)60-57-54-51-48-45-42-39-35-30-27-24-21-18-15-12-9-6-3/h8,11,16-17,19-20,25-30,33-34,36-37,66-67,71H,4-7,9-10,12-15,18,21-24,31-32,35,38-65H2,1-3H3,(H,75,76)/b11-8-,19-16-,20-17-,28-25-,29-26-,30-27-,36-33-,37-34-. The van der Waals surface area contributed by atoms with Crippen LogP contribution >= 0.6 is 7.82 Å². The van der Waals surface area contributed by atoms with Crippen LogP contribution in [0.25, 0.3) is 0 Å². The second-order valence-electron chi connectivity index (χ2n) is 21.9. The highest BCUT2D eigenvalue weighted by atomic mass is 31.2. The van der Waals surface area contributed by atoms with E-state index in [-0.39, 0.29) is 25.9 Å². The maximum Gasteiger partial charge on any atom is 0.472 e. The van der Waals surface area contributed by atoms with E-state index in [4.69, 9.17) is 23.3 Å². The van der Waals surface area contributed by atoms with Crippen molar-refractivity contribution >= 4 is 25.7 Å². The maximum atomic E-state index is 13.0. The predicted octanol–water partition coefficient (Wildman–Crippen LogP) is 20.4. The highest BCUT2D eigenvalue weighted by Gasteiger charge is 2.28. The molecule has 0 aromatic heterocycles. The fraction of sp³-hybridized carbons (Fsp3) is 0.729. The molecule has 0 rings (SSSR count). The summed E-state index contributed by atoms with van der Waals surface area (Å²) in [6.07, 6.45) is 76.3. The summed E-state index contributed by atoms with van der Waals surface area (Å²) in [6.45, 7) is 4.50. The molecule has 2 N–H and O–H groups in total. The number of carbonyl (C=O) groups excluding carboxylic acids is 3. The number of phosphoric acid groups is 1. The van der Waals surface area contributed by atoms with E-state index < -0.39 is 57.8 Å². The van der Waals surface area contributed by atoms with Gasteiger partial charge in [-0.1, -0.05) is 246 Å². The van der Waals surface area contributed by atoms with Gasteiger partial charge in [0.1, 0.15) is 12.7 Å². The highest BCUT2D eigenvalue weighted by Crippen LogP contribution is 2.43. The van der Waals surface area contributed by atoms with E-state index in [1.54, 1.807) is 0 Å². The van der Waals surface area contributed by atoms with Crippen LogP contribution in [0.1, 0.15) is 290 Å². The SMILES string of the molecule is CC/C=C\C/C=C\C/C=C\C/C=C\CCCCCCCCC(=O)OC(COC(=O)CCCCCCCC/C=C\C/C=C\C/C=C\CCCCC)COP(=O)(O)OCC(CO)OC(=O)CCCCCCCCC/C=C\CCCCCCCC. The fourth-order valence-corrected chi connectivity index (χ4v) is 9.72. The van der Waals surface area contributed by atoms with Crippen LogP contribution in [-0.2, 0) is 42.2 Å². The largest absolute Gasteiger partial charge is 0.472 e. The molecule has 0 amide bonds. The molecular formula is C70H121O11P. The summed E-state index contributed by atoms with van der Waals surface area (Å²) in [5, 5.41) is 9.87. The van der Waals surface area contributed by atoms with Gasteiger partial charge in [0.15, 0.2) is 6.10 Å². The number of hydrogen-bond acceptors (Lipinski definition) is 10. The zero-order chi connectivity index (χ0) is 59.8. The minimum absolute atomic E-state index is 0.145. The van der Waals surface area contributed by atoms with Gasteiger partial charge in [-0.25, -0.2) is 4.57 Å². The molecule has 11 nitrogen and oxygen atoms in total. The average molecular weight is 1170 g/mol. The lowest BCUT2D eigenvalue weighted by Crippen LogP contribution is -2.30. The van der Waals surface area contributed by atoms with E-state index in [9.17, 15) is 28.9 Å². The molecule has 0 aromatic rings. The van der Waals surface area contributed by atoms with Gasteiger partial charge in [-0.2, -0.15) is 0 Å². The van der Waals surface area contributed by atoms with Crippen LogP contribution in [0.15, 0.2) is 97.2 Å². The van der Waals surface area contributed by atoms with Gasteiger partial charge in [0, 0.05) is 19.3 Å². The van der Waals surface area contributed by atoms with E-state index >= 15 is 0 Å². The number of phosphoric ester groups is 1. The van der Waals surface area contributed by atoms with E-state index in [1.165, 1.54) is 89.9 Å². The van der Waals surface area contributed by atoms with Crippen molar-refractivity contribution in [3.63, 3.8) is 0 Å². The summed E-state index contributed by atoms with van der Waals surface area (Å²) >= 11 is 0. The molecule has 3 unspecified atom stereocenters. The Balaban J connectivity index is 4.75. The third-order valence-electron chi connectivity index (χ3n) is 14.0. The lowest BCUT2D eigenvalue weighted by molar-refractivity contribution is -0.161. The number of aliphatic hydroxyl groups excluding tert-OH is 1. The Bertz CT molecular complexity index is 1750. The monoisotopic (exact) mass is 1170 g/mol. The van der Waals surface area contributed by atoms with Gasteiger partial charge in [-0.3, -0.25) is 23.4 Å². The number of esters is 3. The molecule has 472 valence electrons. The Kier molecular flexibility index (Phi) is 60.6. The Labute approximate surface area is 502 Å². The third kappa shape index (κ3) is 61.0. The van der Waals surface area contributed by atoms with Gasteiger partial charge in [-0.15, -0.1) is 0 Å². The summed E-state index contributed by atoms with van der Waals surface area (Å²) in [5.41, 5.74) is 0. The molecule has 0 aliphatic rings. The molecule has 0 aromatic carbocycles. The third-order valence-corrected chi connectivity index (χ3v) is 14.9. The Hall–Kier alpha value is -3.60. The highest BCUT2D eigenvalue weighted by molar-refractivity contribution is 7.47. The van der Waals surface area contributed by atoms with Crippen LogP contribution in [0.2, 0.25) is 0 Å². The minimum Gasteiger partial charge on any atom is -0.462 e. The second kappa shape index (κ2) is 63.4. The molecule has 0 aliphatic carbocycles. The van der Waals surface area contributed by atoms with Crippen molar-refractivity contribution in [2.24, 2.45) is 0 Å². The van der Waals surface area contributed by atoms with Gasteiger partial charge in [0.2, 0.25) is 0 Å². The minimum atomic E-state index is -4.77. The first kappa shape index (κ1) is 78.4. The van der Waals surface area contributed by atoms with E-state index in [2.05, 4.69) is 118 Å². The number of rotatable bonds is 61. The lowest BCUT2D eigenvalue weighted by atomic mass is 10.1. The lowest BCUT2D eigenvalue weighted by Gasteiger charge is -2.21. The van der Waals surface area contributed by atoms with Gasteiger partial charge in [0.05, 0.1) is 19.8 Å². The van der Waals surface area contributed by atoms with Crippen LogP contribution in [0, 0.1) is 0 Å². The molecule has 0 saturated heterocycles. The second-order valence-corrected chi connectivity index (χ2v) is 23.3. The molecule has 0 spiro atoms. The summed E-state index contributed by atoms with van der Waals surface area (Å²) in [7, 11) is -4.77. The van der Waals surface area contributed by atoms with Crippen molar-refractivity contribution in [2.75, 3.05) is 26.4 Å². The van der Waals surface area contributed by atoms with Gasteiger partial charge >= 0.3 is 25.7 Å². The van der Waals surface area contributed by atoms with Crippen LogP contribution < -0.4 is 0 Å². The molecule has 0 radical (unpaired) electrons. The normalized spacial score (nSPS) is 13.9. The average Bonchev–Trinajstić information content (AvgIpc) is 3.50. The Morgan fingerprint density at radius 1 is 0.354 bits per heavy atom. The summed E-state index contributed by atoms with van der Waals surface area (Å²) in [4.78, 5) is 48.8. The van der Waals surface area contributed by atoms with E-state index in [1.807, 2.05) is 0 Å². The Morgan fingerprint density at radius 2 is 0.634 bits per heavy atom. The van der Waals surface area contributed by atoms with Crippen molar-refractivity contribution in [1.29, 1.82) is 0 Å². The quantitative estimate of drug-likeness (QED) is 0.0197. The molecule has 0 saturated carbocycles. The molecule has 0 heterocycles. The van der Waals surface area contributed by atoms with Crippen LogP contribution in [0.3, 0.4) is 0 Å². The molecule has 0 bridgehead atoms. The molecule has 0 fully saturated rings. The number of unbranched alkanes of at least 4 members (excludes halogenated alkanes) is 28. The van der Waals surface area contributed by atoms with Crippen molar-refractivity contribution in [3.8, 4) is 0 Å². The van der Waals surface area contributed by atoms with Gasteiger partial charge in [0.25, 0.3) is 0 Å². The smallest absolute Gasteiger partial charge is 0.462 e. The van der Waals surface area contributed by atoms with Crippen LogP contribution in [-0.4, -0.2) is 66.5 Å². The molecule has 12 heteroatoms. The first-order chi connectivity index (χ1) is 40.2. The van der Waals surface area contributed by atoms with E-state index in [0.29, 0.717) is 19.3 Å². The van der Waals surface area contributed by atoms with Crippen LogP contribution in [0.4, 0.5) is 0 Å². The van der Waals surface area contributed by atoms with Crippen LogP contribution in [0.5, 0.6) is 0 Å². The predicted molar refractivity (Wildman–Crippen MR) is 344 cm³/mol. The number of aliphatic hydroxyl groups is 1. The summed E-state index contributed by atoms with van der Waals surface area (Å²) in [5.74, 6) is -1.50. The molecular weight excluding hydrogens is 1050 g/mol. The summed E-state index contributed by atoms with van der Waals surface area (Å²) in [6, 6.07) is 0. The Morgan fingerprint density at radius 3 is 1.01 bits per heavy atom. The van der Waals surface area contributed by atoms with Crippen molar-refractivity contribution < 1.29 is 52.2 Å². The topological polar surface area (TPSA) is 155 Å². The number of ether oxygens (including phenoxy) is 3. The first-order valence-corrected chi connectivity index (χ1v) is 34.6. The number of allylic oxidation sites excluding steroid dienone is 16. The number of hydrogen-bond donors (Lipinski definition) is 2. The van der Waals surface area contributed by atoms with Crippen molar-refractivity contribution in [3.05, 3.63) is 97.2 Å². The zero-order valence-electron chi connectivity index (χ0n) is 52.4. The molecule has 0 aliphatic heterocycles.